The van der Waals surface area contributed by atoms with Crippen LogP contribution >= 0.6 is 0 Å². The molecule has 2 fully saturated rings. The number of carbonyl (C=O) groups is 2. The average Bonchev–Trinajstić information content (AvgIpc) is 3.29. The second-order valence-electron chi connectivity index (χ2n) is 9.42. The van der Waals surface area contributed by atoms with Crippen molar-refractivity contribution in [2.75, 3.05) is 13.1 Å². The van der Waals surface area contributed by atoms with Crippen LogP contribution in [0.2, 0.25) is 0 Å². The third kappa shape index (κ3) is 4.15. The first-order valence-corrected chi connectivity index (χ1v) is 10.9. The Balaban J connectivity index is 1.65. The summed E-state index contributed by atoms with van der Waals surface area (Å²) < 4.78 is 8.00. The maximum Gasteiger partial charge on any atom is 0.407 e. The highest BCUT2D eigenvalue weighted by molar-refractivity contribution is 5.95. The van der Waals surface area contributed by atoms with Gasteiger partial charge >= 0.3 is 6.09 Å². The number of nitrogens with zero attached hydrogens (tertiary/aromatic N) is 5. The summed E-state index contributed by atoms with van der Waals surface area (Å²) in [5.74, 6) is 0.897. The second-order valence-corrected chi connectivity index (χ2v) is 9.42. The van der Waals surface area contributed by atoms with Gasteiger partial charge in [0.2, 0.25) is 11.7 Å². The highest BCUT2D eigenvalue weighted by Gasteiger charge is 2.46. The molecule has 31 heavy (non-hydrogen) atoms. The van der Waals surface area contributed by atoms with Crippen LogP contribution < -0.4 is 10.1 Å². The minimum atomic E-state index is -0.955. The summed E-state index contributed by atoms with van der Waals surface area (Å²) in [6, 6.07) is -0.329. The highest BCUT2D eigenvalue weighted by Crippen LogP contribution is 2.36. The Bertz CT molecular complexity index is 994. The molecule has 0 aromatic carbocycles. The van der Waals surface area contributed by atoms with Gasteiger partial charge in [0.1, 0.15) is 12.4 Å². The van der Waals surface area contributed by atoms with Crippen molar-refractivity contribution in [3.63, 3.8) is 0 Å². The van der Waals surface area contributed by atoms with Gasteiger partial charge in [-0.25, -0.2) is 14.8 Å². The third-order valence-electron chi connectivity index (χ3n) is 6.00. The number of fused-ring (bicyclic) bond motifs is 1. The number of nitrogens with one attached hydrogen (secondary N) is 1. The van der Waals surface area contributed by atoms with Crippen LogP contribution in [0.3, 0.4) is 0 Å². The van der Waals surface area contributed by atoms with E-state index in [-0.39, 0.29) is 35.2 Å². The van der Waals surface area contributed by atoms with Gasteiger partial charge < -0.3 is 24.6 Å². The molecule has 2 atom stereocenters. The molecular formula is C21H30N6O4. The summed E-state index contributed by atoms with van der Waals surface area (Å²) in [6.45, 7) is 9.51. The van der Waals surface area contributed by atoms with Crippen molar-refractivity contribution in [1.29, 1.82) is 0 Å². The van der Waals surface area contributed by atoms with Crippen LogP contribution in [-0.2, 0) is 6.54 Å². The number of hydrogen-bond acceptors (Lipinski definition) is 6. The van der Waals surface area contributed by atoms with Gasteiger partial charge in [-0.3, -0.25) is 4.79 Å². The summed E-state index contributed by atoms with van der Waals surface area (Å²) in [6.07, 6.45) is 2.93. The summed E-state index contributed by atoms with van der Waals surface area (Å²) in [5.41, 5.74) is 0.634. The monoisotopic (exact) mass is 430 g/mol. The second kappa shape index (κ2) is 7.97. The minimum absolute atomic E-state index is 0.233. The average molecular weight is 431 g/mol. The van der Waals surface area contributed by atoms with Gasteiger partial charge in [0.15, 0.2) is 11.2 Å². The van der Waals surface area contributed by atoms with Gasteiger partial charge in [-0.1, -0.05) is 20.8 Å². The lowest BCUT2D eigenvalue weighted by Gasteiger charge is -2.36. The number of hydrogen-bond donors (Lipinski definition) is 2. The van der Waals surface area contributed by atoms with Crippen LogP contribution in [0, 0.1) is 11.3 Å². The third-order valence-corrected chi connectivity index (χ3v) is 6.00. The minimum Gasteiger partial charge on any atom is -0.470 e. The molecule has 0 spiro atoms. The van der Waals surface area contributed by atoms with E-state index < -0.39 is 6.09 Å². The quantitative estimate of drug-likeness (QED) is 0.722. The fourth-order valence-electron chi connectivity index (χ4n) is 4.38. The molecule has 0 radical (unpaired) electrons. The number of aryl methyl sites for hydroxylation is 1. The molecule has 2 unspecified atom stereocenters. The van der Waals surface area contributed by atoms with Crippen molar-refractivity contribution in [3.8, 4) is 5.88 Å². The maximum absolute atomic E-state index is 12.7. The molecule has 2 N–H and O–H groups in total. The highest BCUT2D eigenvalue weighted by atomic mass is 16.5. The van der Waals surface area contributed by atoms with Crippen molar-refractivity contribution >= 4 is 23.2 Å². The first-order valence-electron chi connectivity index (χ1n) is 10.9. The standard InChI is InChI=1S/C21H30N6O4/c1-5-26-16-14(25-17(26)18(28)22-10-12-6-7-12)19(24-11-23-16)31-13-8-9-27(20(29)30)15(13)21(2,3)4/h11-13,15H,5-10H2,1-4H3,(H,22,28)(H,29,30). The lowest BCUT2D eigenvalue weighted by Crippen LogP contribution is -2.48. The first kappa shape index (κ1) is 21.3. The molecule has 1 saturated carbocycles. The largest absolute Gasteiger partial charge is 0.470 e. The summed E-state index contributed by atoms with van der Waals surface area (Å²) >= 11 is 0. The number of imidazole rings is 1. The number of ether oxygens (including phenoxy) is 1. The van der Waals surface area contributed by atoms with Crippen molar-refractivity contribution < 1.29 is 19.4 Å². The van der Waals surface area contributed by atoms with Gasteiger partial charge in [-0.15, -0.1) is 0 Å². The SMILES string of the molecule is CCn1c(C(=O)NCC2CC2)nc2c(OC3CCN(C(=O)O)C3C(C)(C)C)ncnc21. The number of amides is 2. The molecule has 10 nitrogen and oxygen atoms in total. The molecular weight excluding hydrogens is 400 g/mol. The summed E-state index contributed by atoms with van der Waals surface area (Å²) in [7, 11) is 0. The summed E-state index contributed by atoms with van der Waals surface area (Å²) in [5, 5.41) is 12.6. The van der Waals surface area contributed by atoms with Crippen LogP contribution in [0.25, 0.3) is 11.2 Å². The molecule has 1 aliphatic heterocycles. The zero-order valence-electron chi connectivity index (χ0n) is 18.5. The molecule has 1 aliphatic carbocycles. The van der Waals surface area contributed by atoms with Crippen LogP contribution in [0.5, 0.6) is 5.88 Å². The van der Waals surface area contributed by atoms with Gasteiger partial charge in [-0.05, 0) is 31.1 Å². The normalized spacial score (nSPS) is 21.5. The lowest BCUT2D eigenvalue weighted by molar-refractivity contribution is 0.0558. The zero-order valence-corrected chi connectivity index (χ0v) is 18.5. The molecule has 2 aromatic rings. The van der Waals surface area contributed by atoms with Gasteiger partial charge in [0.05, 0.1) is 6.04 Å². The van der Waals surface area contributed by atoms with Crippen molar-refractivity contribution in [2.24, 2.45) is 11.3 Å². The van der Waals surface area contributed by atoms with Gasteiger partial charge in [0, 0.05) is 26.1 Å². The van der Waals surface area contributed by atoms with Crippen molar-refractivity contribution in [3.05, 3.63) is 12.2 Å². The number of likely N-dealkylation sites (tertiary alicyclic amines) is 1. The van der Waals surface area contributed by atoms with E-state index in [0.29, 0.717) is 43.1 Å². The van der Waals surface area contributed by atoms with Crippen molar-refractivity contribution in [2.45, 2.75) is 65.6 Å². The van der Waals surface area contributed by atoms with E-state index in [1.165, 1.54) is 11.2 Å². The van der Waals surface area contributed by atoms with E-state index in [0.717, 1.165) is 12.8 Å². The zero-order chi connectivity index (χ0) is 22.3. The van der Waals surface area contributed by atoms with E-state index in [9.17, 15) is 14.7 Å². The van der Waals surface area contributed by atoms with E-state index >= 15 is 0 Å². The van der Waals surface area contributed by atoms with Crippen LogP contribution in [0.4, 0.5) is 4.79 Å². The Hall–Kier alpha value is -2.91. The van der Waals surface area contributed by atoms with E-state index in [1.807, 2.05) is 27.7 Å². The fraction of sp³-hybridized carbons (Fsp3) is 0.667. The smallest absolute Gasteiger partial charge is 0.407 e. The Morgan fingerprint density at radius 2 is 2.00 bits per heavy atom. The number of carbonyl (C=O) groups excluding carboxylic acids is 1. The molecule has 0 bridgehead atoms. The number of carboxylic acid groups (broad SMARTS) is 1. The molecule has 2 amide bonds. The Morgan fingerprint density at radius 3 is 2.61 bits per heavy atom. The Kier molecular flexibility index (Phi) is 5.49. The lowest BCUT2D eigenvalue weighted by atomic mass is 9.84. The van der Waals surface area contributed by atoms with Crippen LogP contribution in [-0.4, -0.2) is 66.8 Å². The molecule has 2 aromatic heterocycles. The summed E-state index contributed by atoms with van der Waals surface area (Å²) in [4.78, 5) is 39.0. The van der Waals surface area contributed by atoms with E-state index in [2.05, 4.69) is 20.3 Å². The van der Waals surface area contributed by atoms with Crippen LogP contribution in [0.15, 0.2) is 6.33 Å². The van der Waals surface area contributed by atoms with Gasteiger partial charge in [-0.2, -0.15) is 4.98 Å². The van der Waals surface area contributed by atoms with Crippen molar-refractivity contribution in [1.82, 2.24) is 29.7 Å². The Labute approximate surface area is 181 Å². The molecule has 1 saturated heterocycles. The van der Waals surface area contributed by atoms with Gasteiger partial charge in [0.25, 0.3) is 5.91 Å². The van der Waals surface area contributed by atoms with E-state index in [1.54, 1.807) is 4.57 Å². The topological polar surface area (TPSA) is 122 Å². The predicted molar refractivity (Wildman–Crippen MR) is 113 cm³/mol. The van der Waals surface area contributed by atoms with E-state index in [4.69, 9.17) is 4.74 Å². The first-order chi connectivity index (χ1) is 14.7. The molecule has 2 aliphatic rings. The molecule has 168 valence electrons. The van der Waals surface area contributed by atoms with Crippen LogP contribution in [0.1, 0.15) is 57.6 Å². The number of rotatable bonds is 6. The molecule has 10 heteroatoms. The Morgan fingerprint density at radius 1 is 1.26 bits per heavy atom. The maximum atomic E-state index is 12.7. The fourth-order valence-corrected chi connectivity index (χ4v) is 4.38. The molecule has 3 heterocycles. The molecule has 4 rings (SSSR count). The number of aromatic nitrogens is 4. The predicted octanol–water partition coefficient (Wildman–Crippen LogP) is 2.53.